The molecule has 27 heavy (non-hydrogen) atoms. The van der Waals surface area contributed by atoms with Crippen LogP contribution in [0.2, 0.25) is 0 Å². The molecule has 0 spiro atoms. The Morgan fingerprint density at radius 1 is 1.15 bits per heavy atom. The van der Waals surface area contributed by atoms with Crippen molar-refractivity contribution in [3.63, 3.8) is 0 Å². The van der Waals surface area contributed by atoms with Crippen LogP contribution in [0.15, 0.2) is 53.2 Å². The van der Waals surface area contributed by atoms with Crippen LogP contribution in [-0.2, 0) is 6.42 Å². The first-order valence-corrected chi connectivity index (χ1v) is 8.59. The molecule has 1 aromatic carbocycles. The fourth-order valence-electron chi connectivity index (χ4n) is 2.45. The van der Waals surface area contributed by atoms with E-state index >= 15 is 0 Å². The molecule has 0 saturated heterocycles. The number of hydrogen-bond acceptors (Lipinski definition) is 6. The number of nitrogens with one attached hydrogen (secondary N) is 1. The number of pyridine rings is 1. The van der Waals surface area contributed by atoms with Crippen molar-refractivity contribution in [1.82, 2.24) is 15.3 Å². The van der Waals surface area contributed by atoms with Gasteiger partial charge < -0.3 is 19.9 Å². The molecule has 0 aliphatic rings. The molecule has 3 rings (SSSR count). The van der Waals surface area contributed by atoms with Crippen LogP contribution < -0.4 is 5.32 Å². The standard InChI is InChI=1S/C20H21N3O4/c1-13-2-5-15(6-3-13)18-11-22-19(27-18)8-14-4-7-17(21-9-14)20(26)23-10-16(25)12-24/h2-7,9,11,16,24-25H,8,10,12H2,1H3,(H,23,26). The van der Waals surface area contributed by atoms with Gasteiger partial charge in [0.05, 0.1) is 25.3 Å². The highest BCUT2D eigenvalue weighted by Gasteiger charge is 2.11. The van der Waals surface area contributed by atoms with E-state index in [9.17, 15) is 9.90 Å². The Balaban J connectivity index is 1.61. The smallest absolute Gasteiger partial charge is 0.269 e. The maximum Gasteiger partial charge on any atom is 0.269 e. The molecule has 0 aliphatic carbocycles. The van der Waals surface area contributed by atoms with Crippen molar-refractivity contribution in [2.75, 3.05) is 13.2 Å². The molecular formula is C20H21N3O4. The zero-order valence-corrected chi connectivity index (χ0v) is 14.9. The lowest BCUT2D eigenvalue weighted by atomic mass is 10.1. The lowest BCUT2D eigenvalue weighted by Gasteiger charge is -2.08. The second-order valence-electron chi connectivity index (χ2n) is 6.26. The fraction of sp³-hybridized carbons (Fsp3) is 0.250. The molecule has 0 radical (unpaired) electrons. The first-order valence-electron chi connectivity index (χ1n) is 8.59. The Morgan fingerprint density at radius 2 is 1.93 bits per heavy atom. The second-order valence-corrected chi connectivity index (χ2v) is 6.26. The molecule has 1 amide bonds. The van der Waals surface area contributed by atoms with Gasteiger partial charge in [-0.15, -0.1) is 0 Å². The Bertz CT molecular complexity index is 888. The molecule has 7 heteroatoms. The average Bonchev–Trinajstić information content (AvgIpc) is 3.15. The molecule has 3 N–H and O–H groups in total. The number of carbonyl (C=O) groups is 1. The lowest BCUT2D eigenvalue weighted by molar-refractivity contribution is 0.0799. The van der Waals surface area contributed by atoms with E-state index in [0.717, 1.165) is 11.1 Å². The van der Waals surface area contributed by atoms with E-state index in [1.54, 1.807) is 24.5 Å². The minimum Gasteiger partial charge on any atom is -0.440 e. The first kappa shape index (κ1) is 18.8. The predicted octanol–water partition coefficient (Wildman–Crippen LogP) is 1.72. The molecule has 0 aliphatic heterocycles. The zero-order chi connectivity index (χ0) is 19.2. The van der Waals surface area contributed by atoms with Crippen molar-refractivity contribution < 1.29 is 19.4 Å². The van der Waals surface area contributed by atoms with Crippen molar-refractivity contribution in [2.45, 2.75) is 19.4 Å². The monoisotopic (exact) mass is 367 g/mol. The van der Waals surface area contributed by atoms with Crippen LogP contribution in [0.4, 0.5) is 0 Å². The van der Waals surface area contributed by atoms with Gasteiger partial charge in [0.25, 0.3) is 5.91 Å². The summed E-state index contributed by atoms with van der Waals surface area (Å²) in [7, 11) is 0. The van der Waals surface area contributed by atoms with Crippen LogP contribution in [0.25, 0.3) is 11.3 Å². The summed E-state index contributed by atoms with van der Waals surface area (Å²) in [6.45, 7) is 1.59. The number of amides is 1. The van der Waals surface area contributed by atoms with E-state index < -0.39 is 18.6 Å². The Hall–Kier alpha value is -3.03. The minimum absolute atomic E-state index is 0.0309. The summed E-state index contributed by atoms with van der Waals surface area (Å²) < 4.78 is 5.80. The number of aryl methyl sites for hydroxylation is 1. The van der Waals surface area contributed by atoms with Crippen molar-refractivity contribution >= 4 is 5.91 Å². The van der Waals surface area contributed by atoms with Gasteiger partial charge in [-0.1, -0.05) is 35.9 Å². The molecular weight excluding hydrogens is 346 g/mol. The molecule has 1 unspecified atom stereocenters. The minimum atomic E-state index is -0.985. The van der Waals surface area contributed by atoms with Gasteiger partial charge >= 0.3 is 0 Å². The Labute approximate surface area is 156 Å². The van der Waals surface area contributed by atoms with Gasteiger partial charge in [0.15, 0.2) is 11.7 Å². The summed E-state index contributed by atoms with van der Waals surface area (Å²) in [5.74, 6) is 0.860. The van der Waals surface area contributed by atoms with Gasteiger partial charge in [-0.3, -0.25) is 9.78 Å². The van der Waals surface area contributed by atoms with Gasteiger partial charge in [0.2, 0.25) is 0 Å². The second kappa shape index (κ2) is 8.57. The molecule has 2 heterocycles. The topological polar surface area (TPSA) is 108 Å². The van der Waals surface area contributed by atoms with E-state index in [1.165, 1.54) is 5.56 Å². The lowest BCUT2D eigenvalue weighted by Crippen LogP contribution is -2.34. The van der Waals surface area contributed by atoms with Gasteiger partial charge in [0, 0.05) is 18.3 Å². The number of aliphatic hydroxyl groups excluding tert-OH is 2. The van der Waals surface area contributed by atoms with Crippen LogP contribution in [-0.4, -0.2) is 45.3 Å². The van der Waals surface area contributed by atoms with Crippen LogP contribution in [0.5, 0.6) is 0 Å². The summed E-state index contributed by atoms with van der Waals surface area (Å²) in [4.78, 5) is 20.4. The third-order valence-electron chi connectivity index (χ3n) is 4.01. The highest BCUT2D eigenvalue weighted by Crippen LogP contribution is 2.21. The summed E-state index contributed by atoms with van der Waals surface area (Å²) in [5, 5.41) is 20.5. The molecule has 1 atom stereocenters. The highest BCUT2D eigenvalue weighted by molar-refractivity contribution is 5.92. The third kappa shape index (κ3) is 4.99. The van der Waals surface area contributed by atoms with Crippen LogP contribution >= 0.6 is 0 Å². The largest absolute Gasteiger partial charge is 0.440 e. The van der Waals surface area contributed by atoms with Gasteiger partial charge in [-0.25, -0.2) is 4.98 Å². The van der Waals surface area contributed by atoms with Crippen molar-refractivity contribution in [2.24, 2.45) is 0 Å². The number of aromatic nitrogens is 2. The van der Waals surface area contributed by atoms with E-state index in [2.05, 4.69) is 15.3 Å². The number of rotatable bonds is 7. The van der Waals surface area contributed by atoms with Crippen LogP contribution in [0.1, 0.15) is 27.5 Å². The normalized spacial score (nSPS) is 12.0. The number of aliphatic hydroxyl groups is 2. The number of benzene rings is 1. The van der Waals surface area contributed by atoms with Crippen LogP contribution in [0.3, 0.4) is 0 Å². The maximum absolute atomic E-state index is 11.9. The molecule has 0 fully saturated rings. The number of nitrogens with zero attached hydrogens (tertiary/aromatic N) is 2. The molecule has 2 aromatic heterocycles. The SMILES string of the molecule is Cc1ccc(-c2cnc(Cc3ccc(C(=O)NCC(O)CO)nc3)o2)cc1. The van der Waals surface area contributed by atoms with Crippen molar-refractivity contribution in [1.29, 1.82) is 0 Å². The average molecular weight is 367 g/mol. The Kier molecular flexibility index (Phi) is 5.95. The molecule has 3 aromatic rings. The predicted molar refractivity (Wildman–Crippen MR) is 99.1 cm³/mol. The summed E-state index contributed by atoms with van der Waals surface area (Å²) in [5.41, 5.74) is 3.24. The first-order chi connectivity index (χ1) is 13.0. The molecule has 0 saturated carbocycles. The highest BCUT2D eigenvalue weighted by atomic mass is 16.4. The third-order valence-corrected chi connectivity index (χ3v) is 4.01. The van der Waals surface area contributed by atoms with Crippen molar-refractivity contribution in [3.05, 3.63) is 71.5 Å². The summed E-state index contributed by atoms with van der Waals surface area (Å²) >= 11 is 0. The maximum atomic E-state index is 11.9. The van der Waals surface area contributed by atoms with Crippen molar-refractivity contribution in [3.8, 4) is 11.3 Å². The number of oxazole rings is 1. The van der Waals surface area contributed by atoms with E-state index in [1.807, 2.05) is 31.2 Å². The van der Waals surface area contributed by atoms with Gasteiger partial charge in [0.1, 0.15) is 5.69 Å². The molecule has 0 bridgehead atoms. The van der Waals surface area contributed by atoms with Crippen LogP contribution in [0, 0.1) is 6.92 Å². The van der Waals surface area contributed by atoms with E-state index in [4.69, 9.17) is 9.52 Å². The molecule has 140 valence electrons. The van der Waals surface area contributed by atoms with Gasteiger partial charge in [-0.2, -0.15) is 0 Å². The van der Waals surface area contributed by atoms with E-state index in [-0.39, 0.29) is 12.2 Å². The van der Waals surface area contributed by atoms with Gasteiger partial charge in [-0.05, 0) is 18.6 Å². The molecule has 7 nitrogen and oxygen atoms in total. The zero-order valence-electron chi connectivity index (χ0n) is 14.9. The fourth-order valence-corrected chi connectivity index (χ4v) is 2.45. The Morgan fingerprint density at radius 3 is 2.59 bits per heavy atom. The number of hydrogen-bond donors (Lipinski definition) is 3. The summed E-state index contributed by atoms with van der Waals surface area (Å²) in [6.07, 6.45) is 2.76. The number of carbonyl (C=O) groups excluding carboxylic acids is 1. The quantitative estimate of drug-likeness (QED) is 0.587. The summed E-state index contributed by atoms with van der Waals surface area (Å²) in [6, 6.07) is 11.4. The van der Waals surface area contributed by atoms with E-state index in [0.29, 0.717) is 18.1 Å².